The quantitative estimate of drug-likeness (QED) is 0.602. The first-order valence-corrected chi connectivity index (χ1v) is 5.88. The first kappa shape index (κ1) is 12.9. The molecule has 0 unspecified atom stereocenters. The van der Waals surface area contributed by atoms with Crippen LogP contribution in [0.15, 0.2) is 0 Å². The molecule has 0 fully saturated rings. The second-order valence-electron chi connectivity index (χ2n) is 2.78. The van der Waals surface area contributed by atoms with Crippen molar-refractivity contribution in [3.05, 3.63) is 0 Å². The van der Waals surface area contributed by atoms with E-state index in [-0.39, 0.29) is 0 Å². The zero-order valence-electron chi connectivity index (χ0n) is 7.82. The Labute approximate surface area is 82.2 Å². The SMILES string of the molecule is CCCNC(=O)CS(=O)(=O)CC(=O)O. The Balaban J connectivity index is 4.09. The van der Waals surface area contributed by atoms with Crippen molar-refractivity contribution < 1.29 is 23.1 Å². The number of sulfone groups is 1. The fourth-order valence-corrected chi connectivity index (χ4v) is 1.73. The molecule has 0 saturated carbocycles. The van der Waals surface area contributed by atoms with E-state index in [1.807, 2.05) is 6.92 Å². The molecule has 6 nitrogen and oxygen atoms in total. The van der Waals surface area contributed by atoms with E-state index in [0.717, 1.165) is 0 Å². The summed E-state index contributed by atoms with van der Waals surface area (Å²) in [7, 11) is -3.82. The van der Waals surface area contributed by atoms with Gasteiger partial charge in [-0.15, -0.1) is 0 Å². The number of rotatable bonds is 6. The van der Waals surface area contributed by atoms with E-state index in [1.54, 1.807) is 0 Å². The molecule has 0 aliphatic rings. The molecule has 0 aromatic carbocycles. The molecule has 0 heterocycles. The minimum absolute atomic E-state index is 0.390. The Morgan fingerprint density at radius 2 is 1.86 bits per heavy atom. The van der Waals surface area contributed by atoms with Crippen molar-refractivity contribution in [3.63, 3.8) is 0 Å². The molecule has 1 amide bonds. The number of hydrogen-bond acceptors (Lipinski definition) is 4. The molecule has 0 radical (unpaired) electrons. The van der Waals surface area contributed by atoms with E-state index in [9.17, 15) is 18.0 Å². The summed E-state index contributed by atoms with van der Waals surface area (Å²) in [6.45, 7) is 2.22. The lowest BCUT2D eigenvalue weighted by atomic mass is 10.5. The Kier molecular flexibility index (Phi) is 5.14. The van der Waals surface area contributed by atoms with Gasteiger partial charge < -0.3 is 10.4 Å². The van der Waals surface area contributed by atoms with Crippen LogP contribution in [0.4, 0.5) is 0 Å². The first-order chi connectivity index (χ1) is 6.37. The van der Waals surface area contributed by atoms with Crippen molar-refractivity contribution in [2.24, 2.45) is 0 Å². The van der Waals surface area contributed by atoms with Gasteiger partial charge in [-0.2, -0.15) is 0 Å². The number of carboxylic acid groups (broad SMARTS) is 1. The molecule has 0 aromatic heterocycles. The number of carboxylic acids is 1. The molecule has 0 spiro atoms. The predicted octanol–water partition coefficient (Wildman–Crippen LogP) is -0.988. The van der Waals surface area contributed by atoms with Gasteiger partial charge >= 0.3 is 5.97 Å². The van der Waals surface area contributed by atoms with Gasteiger partial charge in [-0.25, -0.2) is 8.42 Å². The lowest BCUT2D eigenvalue weighted by Crippen LogP contribution is -2.33. The summed E-state index contributed by atoms with van der Waals surface area (Å²) in [6.07, 6.45) is 0.699. The van der Waals surface area contributed by atoms with E-state index in [2.05, 4.69) is 5.32 Å². The van der Waals surface area contributed by atoms with Gasteiger partial charge in [0.15, 0.2) is 9.84 Å². The lowest BCUT2D eigenvalue weighted by molar-refractivity contribution is -0.134. The van der Waals surface area contributed by atoms with Crippen LogP contribution in [0.25, 0.3) is 0 Å². The average Bonchev–Trinajstić information content (AvgIpc) is 1.96. The highest BCUT2D eigenvalue weighted by Crippen LogP contribution is 1.90. The number of hydrogen-bond donors (Lipinski definition) is 2. The number of nitrogens with one attached hydrogen (secondary N) is 1. The van der Waals surface area contributed by atoms with E-state index in [0.29, 0.717) is 13.0 Å². The van der Waals surface area contributed by atoms with Crippen LogP contribution >= 0.6 is 0 Å². The maximum Gasteiger partial charge on any atom is 0.318 e. The van der Waals surface area contributed by atoms with Crippen LogP contribution < -0.4 is 5.32 Å². The van der Waals surface area contributed by atoms with Crippen LogP contribution in [0.1, 0.15) is 13.3 Å². The molecule has 82 valence electrons. The molecule has 0 atom stereocenters. The maximum atomic E-state index is 11.0. The van der Waals surface area contributed by atoms with E-state index >= 15 is 0 Å². The molecular formula is C7H13NO5S. The molecule has 14 heavy (non-hydrogen) atoms. The van der Waals surface area contributed by atoms with Crippen molar-refractivity contribution in [1.82, 2.24) is 5.32 Å². The second kappa shape index (κ2) is 5.58. The van der Waals surface area contributed by atoms with Gasteiger partial charge in [0, 0.05) is 6.54 Å². The number of aliphatic carboxylic acids is 1. The van der Waals surface area contributed by atoms with Crippen LogP contribution in [0.5, 0.6) is 0 Å². The van der Waals surface area contributed by atoms with Gasteiger partial charge in [0.1, 0.15) is 11.5 Å². The largest absolute Gasteiger partial charge is 0.480 e. The maximum absolute atomic E-state index is 11.0. The minimum Gasteiger partial charge on any atom is -0.480 e. The Morgan fingerprint density at radius 3 is 2.29 bits per heavy atom. The van der Waals surface area contributed by atoms with Crippen LogP contribution in [-0.4, -0.2) is 43.5 Å². The molecule has 0 aromatic rings. The average molecular weight is 223 g/mol. The normalized spacial score (nSPS) is 10.9. The van der Waals surface area contributed by atoms with Gasteiger partial charge in [-0.3, -0.25) is 9.59 Å². The van der Waals surface area contributed by atoms with E-state index in [4.69, 9.17) is 5.11 Å². The zero-order valence-corrected chi connectivity index (χ0v) is 8.63. The highest BCUT2D eigenvalue weighted by atomic mass is 32.2. The molecule has 0 bridgehead atoms. The minimum atomic E-state index is -3.82. The fourth-order valence-electron chi connectivity index (χ4n) is 0.754. The molecule has 0 saturated heterocycles. The van der Waals surface area contributed by atoms with E-state index in [1.165, 1.54) is 0 Å². The summed E-state index contributed by atoms with van der Waals surface area (Å²) in [5.41, 5.74) is 0. The lowest BCUT2D eigenvalue weighted by Gasteiger charge is -2.02. The van der Waals surface area contributed by atoms with Crippen LogP contribution in [0.3, 0.4) is 0 Å². The Bertz CT molecular complexity index is 308. The molecule has 0 aliphatic carbocycles. The Hall–Kier alpha value is -1.11. The zero-order chi connectivity index (χ0) is 11.2. The second-order valence-corrected chi connectivity index (χ2v) is 4.84. The third-order valence-corrected chi connectivity index (χ3v) is 2.66. The van der Waals surface area contributed by atoms with Crippen molar-refractivity contribution in [2.75, 3.05) is 18.1 Å². The monoisotopic (exact) mass is 223 g/mol. The summed E-state index contributed by atoms with van der Waals surface area (Å²) < 4.78 is 21.9. The summed E-state index contributed by atoms with van der Waals surface area (Å²) in [5, 5.41) is 10.6. The summed E-state index contributed by atoms with van der Waals surface area (Å²) >= 11 is 0. The van der Waals surface area contributed by atoms with Gasteiger partial charge in [-0.1, -0.05) is 6.92 Å². The predicted molar refractivity (Wildman–Crippen MR) is 49.6 cm³/mol. The third-order valence-electron chi connectivity index (χ3n) is 1.27. The summed E-state index contributed by atoms with van der Waals surface area (Å²) in [6, 6.07) is 0. The summed E-state index contributed by atoms with van der Waals surface area (Å²) in [4.78, 5) is 21.0. The Morgan fingerprint density at radius 1 is 1.29 bits per heavy atom. The van der Waals surface area contributed by atoms with Gasteiger partial charge in [0.05, 0.1) is 0 Å². The van der Waals surface area contributed by atoms with Crippen molar-refractivity contribution >= 4 is 21.7 Å². The topological polar surface area (TPSA) is 101 Å². The highest BCUT2D eigenvalue weighted by molar-refractivity contribution is 7.92. The van der Waals surface area contributed by atoms with Gasteiger partial charge in [0.25, 0.3) is 0 Å². The van der Waals surface area contributed by atoms with Crippen LogP contribution in [0, 0.1) is 0 Å². The third kappa shape index (κ3) is 6.41. The fraction of sp³-hybridized carbons (Fsp3) is 0.714. The van der Waals surface area contributed by atoms with Gasteiger partial charge in [0.2, 0.25) is 5.91 Å². The number of carbonyl (C=O) groups is 2. The molecule has 2 N–H and O–H groups in total. The van der Waals surface area contributed by atoms with Crippen LogP contribution in [0.2, 0.25) is 0 Å². The number of amides is 1. The number of carbonyl (C=O) groups excluding carboxylic acids is 1. The van der Waals surface area contributed by atoms with Crippen molar-refractivity contribution in [1.29, 1.82) is 0 Å². The molecule has 7 heteroatoms. The first-order valence-electron chi connectivity index (χ1n) is 4.06. The van der Waals surface area contributed by atoms with Crippen molar-refractivity contribution in [2.45, 2.75) is 13.3 Å². The summed E-state index contributed by atoms with van der Waals surface area (Å²) in [5.74, 6) is -3.88. The molecule has 0 aliphatic heterocycles. The highest BCUT2D eigenvalue weighted by Gasteiger charge is 2.19. The van der Waals surface area contributed by atoms with E-state index < -0.39 is 33.2 Å². The smallest absolute Gasteiger partial charge is 0.318 e. The molecular weight excluding hydrogens is 210 g/mol. The molecule has 0 rings (SSSR count). The van der Waals surface area contributed by atoms with Crippen molar-refractivity contribution in [3.8, 4) is 0 Å². The van der Waals surface area contributed by atoms with Crippen LogP contribution in [-0.2, 0) is 19.4 Å². The standard InChI is InChI=1S/C7H13NO5S/c1-2-3-8-6(9)4-14(12,13)5-7(10)11/h2-5H2,1H3,(H,8,9)(H,10,11). The van der Waals surface area contributed by atoms with Gasteiger partial charge in [-0.05, 0) is 6.42 Å².